The maximum absolute atomic E-state index is 12.1. The van der Waals surface area contributed by atoms with Gasteiger partial charge in [-0.15, -0.1) is 11.3 Å². The molecule has 1 aromatic heterocycles. The average Bonchev–Trinajstić information content (AvgIpc) is 2.99. The minimum absolute atomic E-state index is 0.119. The maximum Gasteiger partial charge on any atom is 0.312 e. The molecule has 7 heteroatoms. The van der Waals surface area contributed by atoms with Gasteiger partial charge in [0.05, 0.1) is 12.5 Å². The normalized spacial score (nSPS) is 11.7. The van der Waals surface area contributed by atoms with Crippen molar-refractivity contribution in [2.45, 2.75) is 19.0 Å². The lowest BCUT2D eigenvalue weighted by molar-refractivity contribution is -0.121. The number of halogens is 1. The number of rotatable bonds is 6. The van der Waals surface area contributed by atoms with Gasteiger partial charge < -0.3 is 16.4 Å². The Kier molecular flexibility index (Phi) is 5.80. The first kappa shape index (κ1) is 16.3. The molecule has 1 aromatic carbocycles. The lowest BCUT2D eigenvalue weighted by Crippen LogP contribution is -2.36. The molecule has 0 aliphatic heterocycles. The van der Waals surface area contributed by atoms with Gasteiger partial charge in [0.25, 0.3) is 0 Å². The standard InChI is InChI=1S/C15H16ClN3O2S/c16-11-5-2-1-4-10(11)9-18-14(20)8-12(19-15(17)21)13-6-3-7-22-13/h1-7,12H,8-9H2,(H,18,20)(H3,17,19,21)/t12-/m0/s1. The summed E-state index contributed by atoms with van der Waals surface area (Å²) in [7, 11) is 0. The largest absolute Gasteiger partial charge is 0.352 e. The maximum atomic E-state index is 12.1. The first-order chi connectivity index (χ1) is 10.6. The van der Waals surface area contributed by atoms with E-state index in [0.717, 1.165) is 10.4 Å². The van der Waals surface area contributed by atoms with Crippen LogP contribution in [0.5, 0.6) is 0 Å². The highest BCUT2D eigenvalue weighted by Gasteiger charge is 2.18. The monoisotopic (exact) mass is 337 g/mol. The number of urea groups is 1. The van der Waals surface area contributed by atoms with Crippen LogP contribution in [0, 0.1) is 0 Å². The van der Waals surface area contributed by atoms with E-state index >= 15 is 0 Å². The van der Waals surface area contributed by atoms with E-state index in [4.69, 9.17) is 17.3 Å². The van der Waals surface area contributed by atoms with Crippen molar-refractivity contribution in [3.63, 3.8) is 0 Å². The number of nitrogens with one attached hydrogen (secondary N) is 2. The molecule has 0 aliphatic carbocycles. The van der Waals surface area contributed by atoms with Gasteiger partial charge in [0.2, 0.25) is 5.91 Å². The number of thiophene rings is 1. The summed E-state index contributed by atoms with van der Waals surface area (Å²) < 4.78 is 0. The molecule has 3 amide bonds. The minimum Gasteiger partial charge on any atom is -0.352 e. The fraction of sp³-hybridized carbons (Fsp3) is 0.200. The molecule has 116 valence electrons. The molecule has 0 fully saturated rings. The van der Waals surface area contributed by atoms with Crippen LogP contribution in [0.15, 0.2) is 41.8 Å². The third-order valence-corrected chi connectivity index (χ3v) is 4.38. The van der Waals surface area contributed by atoms with Crippen molar-refractivity contribution in [2.75, 3.05) is 0 Å². The summed E-state index contributed by atoms with van der Waals surface area (Å²) in [4.78, 5) is 24.0. The van der Waals surface area contributed by atoms with Gasteiger partial charge in [-0.05, 0) is 23.1 Å². The highest BCUT2D eigenvalue weighted by atomic mass is 35.5. The number of hydrogen-bond donors (Lipinski definition) is 3. The molecule has 0 radical (unpaired) electrons. The van der Waals surface area contributed by atoms with Crippen molar-refractivity contribution < 1.29 is 9.59 Å². The molecule has 5 nitrogen and oxygen atoms in total. The number of carbonyl (C=O) groups excluding carboxylic acids is 2. The SMILES string of the molecule is NC(=O)N[C@@H](CC(=O)NCc1ccccc1Cl)c1cccs1. The van der Waals surface area contributed by atoms with Gasteiger partial charge in [-0.2, -0.15) is 0 Å². The first-order valence-corrected chi connectivity index (χ1v) is 7.91. The number of carbonyl (C=O) groups is 2. The van der Waals surface area contributed by atoms with Gasteiger partial charge in [-0.25, -0.2) is 4.79 Å². The van der Waals surface area contributed by atoms with Crippen LogP contribution in [-0.2, 0) is 11.3 Å². The molecule has 0 spiro atoms. The van der Waals surface area contributed by atoms with E-state index in [1.54, 1.807) is 6.07 Å². The van der Waals surface area contributed by atoms with Crippen LogP contribution >= 0.6 is 22.9 Å². The first-order valence-electron chi connectivity index (χ1n) is 6.65. The topological polar surface area (TPSA) is 84.2 Å². The molecule has 4 N–H and O–H groups in total. The van der Waals surface area contributed by atoms with E-state index in [1.165, 1.54) is 11.3 Å². The second-order valence-corrected chi connectivity index (χ2v) is 6.04. The molecule has 2 rings (SSSR count). The van der Waals surface area contributed by atoms with Crippen LogP contribution in [0.2, 0.25) is 5.02 Å². The molecule has 0 unspecified atom stereocenters. The number of amides is 3. The fourth-order valence-corrected chi connectivity index (χ4v) is 2.96. The van der Waals surface area contributed by atoms with Gasteiger partial charge in [-0.3, -0.25) is 4.79 Å². The van der Waals surface area contributed by atoms with E-state index in [-0.39, 0.29) is 12.3 Å². The Hall–Kier alpha value is -2.05. The Bertz CT molecular complexity index is 646. The van der Waals surface area contributed by atoms with Gasteiger partial charge in [-0.1, -0.05) is 35.9 Å². The average molecular weight is 338 g/mol. The van der Waals surface area contributed by atoms with Crippen LogP contribution in [0.4, 0.5) is 4.79 Å². The van der Waals surface area contributed by atoms with E-state index < -0.39 is 12.1 Å². The Morgan fingerprint density at radius 3 is 2.64 bits per heavy atom. The van der Waals surface area contributed by atoms with Gasteiger partial charge >= 0.3 is 6.03 Å². The zero-order valence-corrected chi connectivity index (χ0v) is 13.3. The van der Waals surface area contributed by atoms with Crippen molar-refractivity contribution in [3.05, 3.63) is 57.2 Å². The summed E-state index contributed by atoms with van der Waals surface area (Å²) in [6.45, 7) is 0.340. The van der Waals surface area contributed by atoms with E-state index in [1.807, 2.05) is 35.7 Å². The predicted molar refractivity (Wildman–Crippen MR) is 87.7 cm³/mol. The number of hydrogen-bond acceptors (Lipinski definition) is 3. The summed E-state index contributed by atoms with van der Waals surface area (Å²) in [6, 6.07) is 9.94. The third kappa shape index (κ3) is 4.75. The predicted octanol–water partition coefficient (Wildman–Crippen LogP) is 2.82. The van der Waals surface area contributed by atoms with Gasteiger partial charge in [0, 0.05) is 16.4 Å². The Morgan fingerprint density at radius 2 is 2.00 bits per heavy atom. The summed E-state index contributed by atoms with van der Waals surface area (Å²) in [5.74, 6) is -0.188. The van der Waals surface area contributed by atoms with E-state index in [0.29, 0.717) is 11.6 Å². The van der Waals surface area contributed by atoms with Crippen LogP contribution in [0.1, 0.15) is 22.9 Å². The molecule has 0 bridgehead atoms. The second kappa shape index (κ2) is 7.82. The quantitative estimate of drug-likeness (QED) is 0.757. The molecule has 0 saturated heterocycles. The smallest absolute Gasteiger partial charge is 0.312 e. The van der Waals surface area contributed by atoms with Crippen molar-refractivity contribution in [3.8, 4) is 0 Å². The summed E-state index contributed by atoms with van der Waals surface area (Å²) >= 11 is 7.50. The lowest BCUT2D eigenvalue weighted by Gasteiger charge is -2.16. The van der Waals surface area contributed by atoms with Crippen LogP contribution in [0.3, 0.4) is 0 Å². The summed E-state index contributed by atoms with van der Waals surface area (Å²) in [5, 5.41) is 7.87. The number of benzene rings is 1. The highest BCUT2D eigenvalue weighted by molar-refractivity contribution is 7.10. The van der Waals surface area contributed by atoms with Crippen molar-refractivity contribution >= 4 is 34.9 Å². The Morgan fingerprint density at radius 1 is 1.23 bits per heavy atom. The number of nitrogens with two attached hydrogens (primary N) is 1. The third-order valence-electron chi connectivity index (χ3n) is 3.03. The lowest BCUT2D eigenvalue weighted by atomic mass is 10.1. The fourth-order valence-electron chi connectivity index (χ4n) is 1.98. The molecule has 0 saturated carbocycles. The van der Waals surface area contributed by atoms with Crippen molar-refractivity contribution in [1.29, 1.82) is 0 Å². The molecular weight excluding hydrogens is 322 g/mol. The van der Waals surface area contributed by atoms with Crippen LogP contribution in [-0.4, -0.2) is 11.9 Å². The van der Waals surface area contributed by atoms with Crippen molar-refractivity contribution in [1.82, 2.24) is 10.6 Å². The minimum atomic E-state index is -0.655. The zero-order valence-electron chi connectivity index (χ0n) is 11.7. The molecule has 0 aliphatic rings. The Labute approximate surface area is 137 Å². The van der Waals surface area contributed by atoms with E-state index in [2.05, 4.69) is 10.6 Å². The van der Waals surface area contributed by atoms with Crippen LogP contribution < -0.4 is 16.4 Å². The molecule has 22 heavy (non-hydrogen) atoms. The van der Waals surface area contributed by atoms with E-state index in [9.17, 15) is 9.59 Å². The molecule has 1 heterocycles. The second-order valence-electron chi connectivity index (χ2n) is 4.65. The molecule has 2 aromatic rings. The summed E-state index contributed by atoms with van der Waals surface area (Å²) in [5.41, 5.74) is 6.01. The highest BCUT2D eigenvalue weighted by Crippen LogP contribution is 2.22. The number of primary amides is 1. The zero-order chi connectivity index (χ0) is 15.9. The Balaban J connectivity index is 1.94. The van der Waals surface area contributed by atoms with Gasteiger partial charge in [0.15, 0.2) is 0 Å². The van der Waals surface area contributed by atoms with Crippen LogP contribution in [0.25, 0.3) is 0 Å². The molecule has 1 atom stereocenters. The van der Waals surface area contributed by atoms with Crippen molar-refractivity contribution in [2.24, 2.45) is 5.73 Å². The van der Waals surface area contributed by atoms with Gasteiger partial charge in [0.1, 0.15) is 0 Å². The summed E-state index contributed by atoms with van der Waals surface area (Å²) in [6.07, 6.45) is 0.119. The molecular formula is C15H16ClN3O2S.